The van der Waals surface area contributed by atoms with Crippen LogP contribution in [0.15, 0.2) is 41.5 Å². The van der Waals surface area contributed by atoms with Crippen molar-refractivity contribution in [2.24, 2.45) is 10.9 Å². The predicted molar refractivity (Wildman–Crippen MR) is 126 cm³/mol. The van der Waals surface area contributed by atoms with E-state index in [9.17, 15) is 0 Å². The highest BCUT2D eigenvalue weighted by atomic mass is 127. The summed E-state index contributed by atoms with van der Waals surface area (Å²) in [6.45, 7) is 8.94. The number of thiazole rings is 1. The maximum absolute atomic E-state index is 4.70. The second-order valence-electron chi connectivity index (χ2n) is 6.59. The van der Waals surface area contributed by atoms with Gasteiger partial charge in [-0.25, -0.2) is 9.98 Å². The first-order chi connectivity index (χ1) is 12.8. The minimum absolute atomic E-state index is 0. The number of aromatic nitrogens is 1. The van der Waals surface area contributed by atoms with E-state index in [1.54, 1.807) is 11.3 Å². The molecule has 0 saturated carbocycles. The molecule has 1 unspecified atom stereocenters. The van der Waals surface area contributed by atoms with Crippen molar-refractivity contribution in [2.45, 2.75) is 33.2 Å². The van der Waals surface area contributed by atoms with Crippen LogP contribution in [0.3, 0.4) is 0 Å². The quantitative estimate of drug-likeness (QED) is 0.345. The molecular formula is C20H30IN5S. The molecule has 0 amide bonds. The van der Waals surface area contributed by atoms with Crippen molar-refractivity contribution in [3.8, 4) is 0 Å². The maximum atomic E-state index is 4.70. The van der Waals surface area contributed by atoms with Crippen molar-refractivity contribution >= 4 is 47.0 Å². The summed E-state index contributed by atoms with van der Waals surface area (Å²) in [5, 5.41) is 7.94. The molecule has 2 N–H and O–H groups in total. The Labute approximate surface area is 183 Å². The van der Waals surface area contributed by atoms with Gasteiger partial charge in [-0.1, -0.05) is 25.1 Å². The fourth-order valence-electron chi connectivity index (χ4n) is 3.19. The zero-order valence-corrected chi connectivity index (χ0v) is 19.3. The van der Waals surface area contributed by atoms with Gasteiger partial charge in [0, 0.05) is 42.9 Å². The smallest absolute Gasteiger partial charge is 0.191 e. The maximum Gasteiger partial charge on any atom is 0.191 e. The fraction of sp³-hybridized carbons (Fsp3) is 0.500. The molecule has 2 heterocycles. The number of aryl methyl sites for hydroxylation is 1. The molecule has 148 valence electrons. The number of guanidine groups is 1. The summed E-state index contributed by atoms with van der Waals surface area (Å²) in [5.74, 6) is 1.53. The van der Waals surface area contributed by atoms with Gasteiger partial charge in [0.05, 0.1) is 6.54 Å². The third kappa shape index (κ3) is 6.64. The van der Waals surface area contributed by atoms with Crippen LogP contribution in [0.1, 0.15) is 30.2 Å². The van der Waals surface area contributed by atoms with E-state index in [2.05, 4.69) is 64.7 Å². The summed E-state index contributed by atoms with van der Waals surface area (Å²) in [6, 6.07) is 10.7. The summed E-state index contributed by atoms with van der Waals surface area (Å²) < 4.78 is 0. The third-order valence-electron chi connectivity index (χ3n) is 4.63. The fourth-order valence-corrected chi connectivity index (χ4v) is 3.97. The van der Waals surface area contributed by atoms with E-state index in [4.69, 9.17) is 4.99 Å². The lowest BCUT2D eigenvalue weighted by atomic mass is 10.1. The molecule has 27 heavy (non-hydrogen) atoms. The highest BCUT2D eigenvalue weighted by Gasteiger charge is 2.22. The van der Waals surface area contributed by atoms with Crippen LogP contribution < -0.4 is 15.5 Å². The number of nitrogens with zero attached hydrogens (tertiary/aromatic N) is 3. The van der Waals surface area contributed by atoms with Crippen molar-refractivity contribution in [2.75, 3.05) is 31.1 Å². The van der Waals surface area contributed by atoms with Crippen LogP contribution in [-0.2, 0) is 13.0 Å². The van der Waals surface area contributed by atoms with E-state index < -0.39 is 0 Å². The van der Waals surface area contributed by atoms with Crippen LogP contribution in [0.4, 0.5) is 5.69 Å². The highest BCUT2D eigenvalue weighted by Crippen LogP contribution is 2.22. The van der Waals surface area contributed by atoms with Gasteiger partial charge in [0.1, 0.15) is 5.01 Å². The first-order valence-electron chi connectivity index (χ1n) is 9.54. The summed E-state index contributed by atoms with van der Waals surface area (Å²) in [4.78, 5) is 12.9. The van der Waals surface area contributed by atoms with Gasteiger partial charge in [0.2, 0.25) is 0 Å². The number of benzene rings is 1. The monoisotopic (exact) mass is 499 g/mol. The molecule has 1 atom stereocenters. The Bertz CT molecular complexity index is 703. The molecule has 1 aliphatic rings. The van der Waals surface area contributed by atoms with E-state index in [-0.39, 0.29) is 24.0 Å². The highest BCUT2D eigenvalue weighted by molar-refractivity contribution is 14.0. The van der Waals surface area contributed by atoms with E-state index in [0.717, 1.165) is 43.6 Å². The van der Waals surface area contributed by atoms with Crippen molar-refractivity contribution in [1.29, 1.82) is 0 Å². The van der Waals surface area contributed by atoms with E-state index in [1.165, 1.54) is 17.0 Å². The average Bonchev–Trinajstić information content (AvgIpc) is 3.34. The van der Waals surface area contributed by atoms with Crippen LogP contribution in [0, 0.1) is 5.92 Å². The summed E-state index contributed by atoms with van der Waals surface area (Å²) in [7, 11) is 0. The minimum Gasteiger partial charge on any atom is -0.371 e. The number of para-hydroxylation sites is 1. The Kier molecular flexibility index (Phi) is 9.33. The standard InChI is InChI=1S/C20H29N5S.HI/c1-3-18-13-22-19(26-18)14-24-20(21-4-2)23-12-16-10-11-25(15-16)17-8-6-5-7-9-17;/h5-9,13,16H,3-4,10-12,14-15H2,1-2H3,(H2,21,23,24);1H. The second kappa shape index (κ2) is 11.5. The summed E-state index contributed by atoms with van der Waals surface area (Å²) in [5.41, 5.74) is 1.33. The van der Waals surface area contributed by atoms with Crippen LogP contribution in [0.25, 0.3) is 0 Å². The molecule has 3 rings (SSSR count). The normalized spacial score (nSPS) is 16.9. The largest absolute Gasteiger partial charge is 0.371 e. The van der Waals surface area contributed by atoms with Gasteiger partial charge >= 0.3 is 0 Å². The zero-order chi connectivity index (χ0) is 18.2. The number of anilines is 1. The van der Waals surface area contributed by atoms with Gasteiger partial charge in [-0.15, -0.1) is 35.3 Å². The van der Waals surface area contributed by atoms with E-state index >= 15 is 0 Å². The van der Waals surface area contributed by atoms with Crippen LogP contribution in [0.5, 0.6) is 0 Å². The lowest BCUT2D eigenvalue weighted by Gasteiger charge is -2.19. The molecule has 1 saturated heterocycles. The SMILES string of the molecule is CCNC(=NCc1ncc(CC)s1)NCC1CCN(c2ccccc2)C1.I. The van der Waals surface area contributed by atoms with E-state index in [1.807, 2.05) is 6.20 Å². The van der Waals surface area contributed by atoms with Gasteiger partial charge in [0.15, 0.2) is 5.96 Å². The Balaban J connectivity index is 0.00000261. The van der Waals surface area contributed by atoms with Gasteiger partial charge in [-0.3, -0.25) is 0 Å². The molecule has 1 aromatic carbocycles. The summed E-state index contributed by atoms with van der Waals surface area (Å²) >= 11 is 1.75. The van der Waals surface area contributed by atoms with Gasteiger partial charge in [0.25, 0.3) is 0 Å². The van der Waals surface area contributed by atoms with E-state index in [0.29, 0.717) is 12.5 Å². The van der Waals surface area contributed by atoms with Crippen molar-refractivity contribution in [3.63, 3.8) is 0 Å². The van der Waals surface area contributed by atoms with Crippen LogP contribution >= 0.6 is 35.3 Å². The number of nitrogens with one attached hydrogen (secondary N) is 2. The molecule has 5 nitrogen and oxygen atoms in total. The van der Waals surface area contributed by atoms with Gasteiger partial charge in [-0.05, 0) is 37.8 Å². The molecule has 7 heteroatoms. The number of aliphatic imine (C=N–C) groups is 1. The van der Waals surface area contributed by atoms with Crippen molar-refractivity contribution in [1.82, 2.24) is 15.6 Å². The molecule has 2 aromatic rings. The molecule has 0 bridgehead atoms. The molecular weight excluding hydrogens is 469 g/mol. The Morgan fingerprint density at radius 2 is 2.07 bits per heavy atom. The van der Waals surface area contributed by atoms with Crippen molar-refractivity contribution in [3.05, 3.63) is 46.4 Å². The molecule has 0 spiro atoms. The first kappa shape index (κ1) is 21.9. The number of halogens is 1. The van der Waals surface area contributed by atoms with Crippen LogP contribution in [0.2, 0.25) is 0 Å². The van der Waals surface area contributed by atoms with Crippen LogP contribution in [-0.4, -0.2) is 37.1 Å². The third-order valence-corrected chi connectivity index (χ3v) is 5.76. The molecule has 1 aromatic heterocycles. The predicted octanol–water partition coefficient (Wildman–Crippen LogP) is 3.91. The van der Waals surface area contributed by atoms with Gasteiger partial charge in [-0.2, -0.15) is 0 Å². The first-order valence-corrected chi connectivity index (χ1v) is 10.4. The molecule has 1 fully saturated rings. The minimum atomic E-state index is 0. The number of rotatable bonds is 7. The summed E-state index contributed by atoms with van der Waals surface area (Å²) in [6.07, 6.45) is 4.22. The average molecular weight is 499 g/mol. The Hall–Kier alpha value is -1.35. The molecule has 0 aliphatic carbocycles. The Morgan fingerprint density at radius 1 is 1.26 bits per heavy atom. The Morgan fingerprint density at radius 3 is 2.78 bits per heavy atom. The van der Waals surface area contributed by atoms with Gasteiger partial charge < -0.3 is 15.5 Å². The second-order valence-corrected chi connectivity index (χ2v) is 7.79. The zero-order valence-electron chi connectivity index (χ0n) is 16.1. The topological polar surface area (TPSA) is 52.6 Å². The lowest BCUT2D eigenvalue weighted by Crippen LogP contribution is -2.40. The van der Waals surface area contributed by atoms with Crippen molar-refractivity contribution < 1.29 is 0 Å². The molecule has 0 radical (unpaired) electrons. The number of hydrogen-bond donors (Lipinski definition) is 2. The number of hydrogen-bond acceptors (Lipinski definition) is 4. The molecule has 1 aliphatic heterocycles. The lowest BCUT2D eigenvalue weighted by molar-refractivity contribution is 0.566.